The molecule has 0 aromatic heterocycles. The van der Waals surface area contributed by atoms with Gasteiger partial charge in [-0.25, -0.2) is 35.9 Å². The lowest BCUT2D eigenvalue weighted by Gasteiger charge is -2.35. The molecule has 7 rings (SSSR count). The number of piperidine rings is 1. The quantitative estimate of drug-likeness (QED) is 0.201. The SMILES string of the molecule is CC(C)C(=O)N(C)CCCS(=O)(=O)NC(=O)Nc1c2c(cc3c1CCC3C1Cc3cc4c(c(NC(=O)NS(=O)(=O)CC5CCCN(C(C)C)C5)c3C1)CCC4)CCC2. The van der Waals surface area contributed by atoms with Crippen LogP contribution in [-0.4, -0.2) is 88.8 Å². The summed E-state index contributed by atoms with van der Waals surface area (Å²) in [6.07, 6.45) is 10.7. The minimum atomic E-state index is -3.93. The number of carbonyl (C=O) groups is 3. The molecule has 0 bridgehead atoms. The van der Waals surface area contributed by atoms with E-state index in [-0.39, 0.29) is 54.1 Å². The van der Waals surface area contributed by atoms with Crippen molar-refractivity contribution in [1.82, 2.24) is 19.2 Å². The van der Waals surface area contributed by atoms with Crippen LogP contribution in [0.5, 0.6) is 0 Å². The lowest BCUT2D eigenvalue weighted by Crippen LogP contribution is -2.44. The number of anilines is 2. The largest absolute Gasteiger partial charge is 0.346 e. The average Bonchev–Trinajstić information content (AvgIpc) is 3.96. The van der Waals surface area contributed by atoms with Crippen molar-refractivity contribution in [2.45, 2.75) is 123 Å². The van der Waals surface area contributed by atoms with Gasteiger partial charge in [-0.05, 0) is 166 Å². The maximum absolute atomic E-state index is 13.5. The summed E-state index contributed by atoms with van der Waals surface area (Å²) in [4.78, 5) is 42.8. The Kier molecular flexibility index (Phi) is 12.5. The van der Waals surface area contributed by atoms with E-state index in [1.54, 1.807) is 20.9 Å². The van der Waals surface area contributed by atoms with Crippen LogP contribution in [0.3, 0.4) is 0 Å². The van der Waals surface area contributed by atoms with Crippen molar-refractivity contribution in [2.24, 2.45) is 17.8 Å². The maximum atomic E-state index is 13.5. The number of aryl methyl sites for hydroxylation is 2. The van der Waals surface area contributed by atoms with Gasteiger partial charge in [0.1, 0.15) is 0 Å². The zero-order valence-electron chi connectivity index (χ0n) is 34.8. The predicted molar refractivity (Wildman–Crippen MR) is 227 cm³/mol. The van der Waals surface area contributed by atoms with Gasteiger partial charge < -0.3 is 20.4 Å². The zero-order chi connectivity index (χ0) is 41.5. The summed E-state index contributed by atoms with van der Waals surface area (Å²) in [5.74, 6) is -0.150. The standard InChI is InChI=1S/C43H62N6O7S2/c1-26(2)41(50)48(5)17-9-19-57(53,54)46-42(51)44-39-35-14-7-12-30(35)22-38-33(15-16-36(38)39)32-21-31-20-29-11-6-13-34(29)40(37(31)23-32)45-43(52)47-58(55,56)25-28-10-8-18-49(24-28)27(3)4/h20,22,26-28,32-33H,6-19,21,23-25H2,1-5H3,(H2,44,46,51)(H2,45,47,52). The van der Waals surface area contributed by atoms with Crippen LogP contribution in [0.25, 0.3) is 0 Å². The fourth-order valence-corrected chi connectivity index (χ4v) is 12.8. The van der Waals surface area contributed by atoms with Gasteiger partial charge in [-0.15, -0.1) is 0 Å². The van der Waals surface area contributed by atoms with Crippen LogP contribution in [0, 0.1) is 17.8 Å². The second kappa shape index (κ2) is 17.1. The Balaban J connectivity index is 1.04. The number of fused-ring (bicyclic) bond motifs is 4. The van der Waals surface area contributed by atoms with E-state index < -0.39 is 32.1 Å². The molecule has 1 heterocycles. The lowest BCUT2D eigenvalue weighted by molar-refractivity contribution is -0.133. The third kappa shape index (κ3) is 9.36. The predicted octanol–water partition coefficient (Wildman–Crippen LogP) is 5.64. The van der Waals surface area contributed by atoms with Crippen LogP contribution < -0.4 is 20.1 Å². The normalized spacial score (nSPS) is 21.4. The van der Waals surface area contributed by atoms with E-state index in [1.165, 1.54) is 27.2 Å². The topological polar surface area (TPSA) is 174 Å². The molecule has 318 valence electrons. The number of nitrogens with one attached hydrogen (secondary N) is 4. The van der Waals surface area contributed by atoms with Gasteiger partial charge in [0.05, 0.1) is 11.5 Å². The Morgan fingerprint density at radius 1 is 0.759 bits per heavy atom. The first-order valence-electron chi connectivity index (χ1n) is 21.4. The number of hydrogen-bond acceptors (Lipinski definition) is 8. The van der Waals surface area contributed by atoms with Crippen molar-refractivity contribution in [1.29, 1.82) is 0 Å². The molecule has 2 aromatic rings. The Hall–Kier alpha value is -3.69. The van der Waals surface area contributed by atoms with Crippen LogP contribution in [-0.2, 0) is 69.8 Å². The molecule has 4 N–H and O–H groups in total. The number of benzene rings is 2. The number of rotatable bonds is 13. The molecule has 0 radical (unpaired) electrons. The van der Waals surface area contributed by atoms with Crippen LogP contribution in [0.2, 0.25) is 0 Å². The highest BCUT2D eigenvalue weighted by molar-refractivity contribution is 7.90. The minimum Gasteiger partial charge on any atom is -0.346 e. The first kappa shape index (κ1) is 42.4. The van der Waals surface area contributed by atoms with Gasteiger partial charge in [0.2, 0.25) is 26.0 Å². The van der Waals surface area contributed by atoms with Crippen LogP contribution in [0.1, 0.15) is 117 Å². The smallest absolute Gasteiger partial charge is 0.332 e. The van der Waals surface area contributed by atoms with E-state index in [2.05, 4.69) is 51.0 Å². The fraction of sp³-hybridized carbons (Fsp3) is 0.651. The van der Waals surface area contributed by atoms with E-state index in [9.17, 15) is 31.2 Å². The van der Waals surface area contributed by atoms with E-state index >= 15 is 0 Å². The summed E-state index contributed by atoms with van der Waals surface area (Å²) in [6, 6.07) is 3.50. The Morgan fingerprint density at radius 2 is 1.40 bits per heavy atom. The number of sulfonamides is 2. The van der Waals surface area contributed by atoms with Crippen molar-refractivity contribution in [3.63, 3.8) is 0 Å². The van der Waals surface area contributed by atoms with Gasteiger partial charge in [-0.2, -0.15) is 0 Å². The molecule has 15 heteroatoms. The number of urea groups is 2. The third-order valence-corrected chi connectivity index (χ3v) is 16.0. The second-order valence-corrected chi connectivity index (χ2v) is 21.7. The highest BCUT2D eigenvalue weighted by Gasteiger charge is 2.39. The average molecular weight is 839 g/mol. The summed E-state index contributed by atoms with van der Waals surface area (Å²) < 4.78 is 57.0. The molecule has 5 aliphatic rings. The molecule has 5 amide bonds. The van der Waals surface area contributed by atoms with Crippen LogP contribution in [0.15, 0.2) is 12.1 Å². The molecule has 4 aliphatic carbocycles. The first-order chi connectivity index (χ1) is 27.5. The van der Waals surface area contributed by atoms with Crippen molar-refractivity contribution in [3.8, 4) is 0 Å². The monoisotopic (exact) mass is 838 g/mol. The molecule has 13 nitrogen and oxygen atoms in total. The molecule has 1 saturated heterocycles. The summed E-state index contributed by atoms with van der Waals surface area (Å²) in [6.45, 7) is 9.79. The second-order valence-electron chi connectivity index (χ2n) is 18.1. The zero-order valence-corrected chi connectivity index (χ0v) is 36.5. The van der Waals surface area contributed by atoms with Crippen molar-refractivity contribution < 1.29 is 31.2 Å². The van der Waals surface area contributed by atoms with E-state index in [0.29, 0.717) is 12.6 Å². The summed E-state index contributed by atoms with van der Waals surface area (Å²) in [5.41, 5.74) is 10.7. The Labute approximate surface area is 344 Å². The number of carbonyl (C=O) groups excluding carboxylic acids is 3. The van der Waals surface area contributed by atoms with Gasteiger partial charge in [0.15, 0.2) is 0 Å². The number of likely N-dealkylation sites (tertiary alicyclic amines) is 1. The summed E-state index contributed by atoms with van der Waals surface area (Å²) in [5, 5.41) is 6.02. The highest BCUT2D eigenvalue weighted by Crippen LogP contribution is 2.51. The summed E-state index contributed by atoms with van der Waals surface area (Å²) in [7, 11) is -6.13. The molecular weight excluding hydrogens is 777 g/mol. The molecule has 3 unspecified atom stereocenters. The molecule has 3 atom stereocenters. The lowest BCUT2D eigenvalue weighted by atomic mass is 9.84. The molecule has 58 heavy (non-hydrogen) atoms. The van der Waals surface area contributed by atoms with Crippen LogP contribution >= 0.6 is 0 Å². The summed E-state index contributed by atoms with van der Waals surface area (Å²) >= 11 is 0. The van der Waals surface area contributed by atoms with E-state index in [0.717, 1.165) is 117 Å². The van der Waals surface area contributed by atoms with Gasteiger partial charge in [0.25, 0.3) is 0 Å². The van der Waals surface area contributed by atoms with Gasteiger partial charge in [-0.1, -0.05) is 26.0 Å². The Morgan fingerprint density at radius 3 is 2.05 bits per heavy atom. The van der Waals surface area contributed by atoms with Gasteiger partial charge in [0, 0.05) is 43.5 Å². The van der Waals surface area contributed by atoms with Crippen molar-refractivity contribution in [3.05, 3.63) is 56.6 Å². The van der Waals surface area contributed by atoms with E-state index in [4.69, 9.17) is 0 Å². The van der Waals surface area contributed by atoms with E-state index in [1.807, 2.05) is 0 Å². The number of hydrogen-bond donors (Lipinski definition) is 4. The first-order valence-corrected chi connectivity index (χ1v) is 24.7. The molecule has 0 saturated carbocycles. The maximum Gasteiger partial charge on any atom is 0.332 e. The van der Waals surface area contributed by atoms with Crippen LogP contribution in [0.4, 0.5) is 21.0 Å². The Bertz CT molecular complexity index is 2170. The fourth-order valence-electron chi connectivity index (χ4n) is 10.5. The third-order valence-electron chi connectivity index (χ3n) is 13.3. The van der Waals surface area contributed by atoms with Crippen molar-refractivity contribution >= 4 is 49.4 Å². The minimum absolute atomic E-state index is 0.0214. The molecule has 1 aliphatic heterocycles. The number of nitrogens with zero attached hydrogens (tertiary/aromatic N) is 2. The molecule has 2 aromatic carbocycles. The number of amides is 5. The highest BCUT2D eigenvalue weighted by atomic mass is 32.2. The molecule has 0 spiro atoms. The molecule has 1 fully saturated rings. The van der Waals surface area contributed by atoms with Gasteiger partial charge >= 0.3 is 12.1 Å². The van der Waals surface area contributed by atoms with Crippen molar-refractivity contribution in [2.75, 3.05) is 48.8 Å². The van der Waals surface area contributed by atoms with Gasteiger partial charge in [-0.3, -0.25) is 4.79 Å². The molecular formula is C43H62N6O7S2.